The summed E-state index contributed by atoms with van der Waals surface area (Å²) in [7, 11) is 0. The smallest absolute Gasteiger partial charge is 0.150 e. The highest BCUT2D eigenvalue weighted by Crippen LogP contribution is 2.36. The van der Waals surface area contributed by atoms with Crippen LogP contribution < -0.4 is 0 Å². The number of aromatic nitrogens is 1. The fraction of sp³-hybridized carbons (Fsp3) is 0.833. The van der Waals surface area contributed by atoms with Crippen molar-refractivity contribution in [2.24, 2.45) is 5.92 Å². The molecule has 1 aliphatic heterocycles. The van der Waals surface area contributed by atoms with E-state index in [1.807, 2.05) is 0 Å². The summed E-state index contributed by atoms with van der Waals surface area (Å²) in [4.78, 5) is 2.47. The summed E-state index contributed by atoms with van der Waals surface area (Å²) >= 11 is 0. The van der Waals surface area contributed by atoms with E-state index < -0.39 is 0 Å². The molecule has 3 fully saturated rings. The molecule has 23 heavy (non-hydrogen) atoms. The lowest BCUT2D eigenvalue weighted by molar-refractivity contribution is -0.0612. The van der Waals surface area contributed by atoms with Gasteiger partial charge in [0, 0.05) is 31.2 Å². The van der Waals surface area contributed by atoms with Crippen molar-refractivity contribution in [3.05, 3.63) is 17.5 Å². The van der Waals surface area contributed by atoms with Gasteiger partial charge in [0.15, 0.2) is 5.76 Å². The van der Waals surface area contributed by atoms with Crippen LogP contribution in [-0.2, 0) is 11.3 Å². The molecule has 0 aromatic carbocycles. The topological polar surface area (TPSA) is 58.7 Å². The molecule has 0 bridgehead atoms. The maximum absolute atomic E-state index is 9.43. The second-order valence-electron chi connectivity index (χ2n) is 7.52. The Hall–Kier alpha value is -0.910. The molecule has 2 saturated carbocycles. The third-order valence-electron chi connectivity index (χ3n) is 5.97. The van der Waals surface area contributed by atoms with Crippen LogP contribution in [0.25, 0.3) is 0 Å². The van der Waals surface area contributed by atoms with Gasteiger partial charge in [0.1, 0.15) is 0 Å². The maximum atomic E-state index is 9.43. The number of ether oxygens (including phenoxy) is 1. The second kappa shape index (κ2) is 6.91. The SMILES string of the molecule is OC[C@H]1CC2OCCN(Cc3cc(C4CCCCC4)no3)[C@H]2C1. The van der Waals surface area contributed by atoms with Crippen molar-refractivity contribution in [2.45, 2.75) is 69.6 Å². The number of rotatable bonds is 4. The minimum Gasteiger partial charge on any atom is -0.396 e. The van der Waals surface area contributed by atoms with Crippen LogP contribution in [0.2, 0.25) is 0 Å². The average molecular weight is 320 g/mol. The zero-order valence-corrected chi connectivity index (χ0v) is 13.8. The van der Waals surface area contributed by atoms with Crippen LogP contribution in [0.4, 0.5) is 0 Å². The predicted octanol–water partition coefficient (Wildman–Crippen LogP) is 2.69. The highest BCUT2D eigenvalue weighted by molar-refractivity contribution is 5.12. The molecule has 3 atom stereocenters. The fourth-order valence-electron chi connectivity index (χ4n) is 4.67. The first kappa shape index (κ1) is 15.6. The van der Waals surface area contributed by atoms with Crippen molar-refractivity contribution in [3.63, 3.8) is 0 Å². The lowest BCUT2D eigenvalue weighted by Gasteiger charge is -2.36. The Morgan fingerprint density at radius 1 is 1.22 bits per heavy atom. The summed E-state index contributed by atoms with van der Waals surface area (Å²) in [5.74, 6) is 1.97. The number of hydrogen-bond acceptors (Lipinski definition) is 5. The molecule has 0 spiro atoms. The third-order valence-corrected chi connectivity index (χ3v) is 5.97. The molecule has 1 aromatic rings. The van der Waals surface area contributed by atoms with Crippen molar-refractivity contribution in [2.75, 3.05) is 19.8 Å². The summed E-state index contributed by atoms with van der Waals surface area (Å²) in [5.41, 5.74) is 1.16. The van der Waals surface area contributed by atoms with Crippen molar-refractivity contribution in [3.8, 4) is 0 Å². The Kier molecular flexibility index (Phi) is 4.69. The van der Waals surface area contributed by atoms with Gasteiger partial charge >= 0.3 is 0 Å². The summed E-state index contributed by atoms with van der Waals surface area (Å²) < 4.78 is 11.5. The first-order valence-corrected chi connectivity index (χ1v) is 9.25. The lowest BCUT2D eigenvalue weighted by atomic mass is 9.87. The van der Waals surface area contributed by atoms with E-state index in [1.54, 1.807) is 0 Å². The molecule has 0 amide bonds. The van der Waals surface area contributed by atoms with Gasteiger partial charge in [0.25, 0.3) is 0 Å². The van der Waals surface area contributed by atoms with Gasteiger partial charge in [-0.3, -0.25) is 4.90 Å². The van der Waals surface area contributed by atoms with Crippen LogP contribution in [-0.4, -0.2) is 47.1 Å². The second-order valence-corrected chi connectivity index (χ2v) is 7.52. The zero-order valence-electron chi connectivity index (χ0n) is 13.8. The van der Waals surface area contributed by atoms with E-state index in [-0.39, 0.29) is 12.7 Å². The molecular formula is C18H28N2O3. The molecule has 5 heteroatoms. The highest BCUT2D eigenvalue weighted by Gasteiger charge is 2.41. The van der Waals surface area contributed by atoms with Gasteiger partial charge in [0.05, 0.1) is 24.9 Å². The van der Waals surface area contributed by atoms with Gasteiger partial charge in [0.2, 0.25) is 0 Å². The molecule has 4 rings (SSSR count). The van der Waals surface area contributed by atoms with Gasteiger partial charge < -0.3 is 14.4 Å². The highest BCUT2D eigenvalue weighted by atomic mass is 16.5. The fourth-order valence-corrected chi connectivity index (χ4v) is 4.67. The van der Waals surface area contributed by atoms with E-state index in [1.165, 1.54) is 32.1 Å². The van der Waals surface area contributed by atoms with Gasteiger partial charge in [-0.15, -0.1) is 0 Å². The quantitative estimate of drug-likeness (QED) is 0.924. The van der Waals surface area contributed by atoms with Crippen LogP contribution in [0.3, 0.4) is 0 Å². The van der Waals surface area contributed by atoms with Gasteiger partial charge in [-0.05, 0) is 31.6 Å². The number of hydrogen-bond donors (Lipinski definition) is 1. The lowest BCUT2D eigenvalue weighted by Crippen LogP contribution is -2.47. The average Bonchev–Trinajstić information content (AvgIpc) is 3.22. The molecule has 1 saturated heterocycles. The van der Waals surface area contributed by atoms with E-state index in [0.29, 0.717) is 17.9 Å². The molecule has 3 aliphatic rings. The van der Waals surface area contributed by atoms with Crippen molar-refractivity contribution >= 4 is 0 Å². The van der Waals surface area contributed by atoms with Crippen LogP contribution >= 0.6 is 0 Å². The Labute approximate surface area is 138 Å². The summed E-state index contributed by atoms with van der Waals surface area (Å²) in [5, 5.41) is 13.8. The van der Waals surface area contributed by atoms with Crippen LogP contribution in [0.15, 0.2) is 10.6 Å². The van der Waals surface area contributed by atoms with E-state index in [9.17, 15) is 5.11 Å². The molecule has 5 nitrogen and oxygen atoms in total. The van der Waals surface area contributed by atoms with Gasteiger partial charge in [-0.25, -0.2) is 0 Å². The summed E-state index contributed by atoms with van der Waals surface area (Å²) in [6.45, 7) is 2.82. The standard InChI is InChI=1S/C18H28N2O3/c21-12-13-8-17-18(9-13)22-7-6-20(17)11-15-10-16(19-23-15)14-4-2-1-3-5-14/h10,13-14,17-18,21H,1-9,11-12H2/t13-,17+,18?/m1/s1. The Morgan fingerprint density at radius 3 is 2.91 bits per heavy atom. The van der Waals surface area contributed by atoms with E-state index in [0.717, 1.165) is 44.0 Å². The van der Waals surface area contributed by atoms with Crippen LogP contribution in [0, 0.1) is 5.92 Å². The molecule has 2 aliphatic carbocycles. The van der Waals surface area contributed by atoms with Crippen molar-refractivity contribution < 1.29 is 14.4 Å². The summed E-state index contributed by atoms with van der Waals surface area (Å²) in [6.07, 6.45) is 8.82. The number of fused-ring (bicyclic) bond motifs is 1. The maximum Gasteiger partial charge on any atom is 0.150 e. The normalized spacial score (nSPS) is 33.0. The molecule has 1 aromatic heterocycles. The van der Waals surface area contributed by atoms with Gasteiger partial charge in [-0.1, -0.05) is 24.4 Å². The molecule has 2 heterocycles. The number of aliphatic hydroxyl groups is 1. The van der Waals surface area contributed by atoms with E-state index in [2.05, 4.69) is 16.1 Å². The minimum absolute atomic E-state index is 0.276. The molecule has 1 N–H and O–H groups in total. The number of morpholine rings is 1. The molecule has 1 unspecified atom stereocenters. The first-order chi connectivity index (χ1) is 11.3. The van der Waals surface area contributed by atoms with Gasteiger partial charge in [-0.2, -0.15) is 0 Å². The first-order valence-electron chi connectivity index (χ1n) is 9.25. The van der Waals surface area contributed by atoms with Crippen LogP contribution in [0.5, 0.6) is 0 Å². The van der Waals surface area contributed by atoms with Crippen LogP contribution in [0.1, 0.15) is 62.3 Å². The van der Waals surface area contributed by atoms with Crippen molar-refractivity contribution in [1.29, 1.82) is 0 Å². The Morgan fingerprint density at radius 2 is 2.09 bits per heavy atom. The summed E-state index contributed by atoms with van der Waals surface area (Å²) in [6, 6.07) is 2.60. The largest absolute Gasteiger partial charge is 0.396 e. The number of aliphatic hydroxyl groups excluding tert-OH is 1. The Balaban J connectivity index is 1.40. The monoisotopic (exact) mass is 320 g/mol. The number of nitrogens with zero attached hydrogens (tertiary/aromatic N) is 2. The predicted molar refractivity (Wildman–Crippen MR) is 86.1 cm³/mol. The van der Waals surface area contributed by atoms with E-state index >= 15 is 0 Å². The Bertz CT molecular complexity index is 512. The zero-order chi connectivity index (χ0) is 15.6. The van der Waals surface area contributed by atoms with E-state index in [4.69, 9.17) is 9.26 Å². The minimum atomic E-state index is 0.276. The molecule has 128 valence electrons. The molecule has 0 radical (unpaired) electrons. The molecular weight excluding hydrogens is 292 g/mol. The van der Waals surface area contributed by atoms with Crippen molar-refractivity contribution in [1.82, 2.24) is 10.1 Å². The third kappa shape index (κ3) is 3.32.